The molecule has 6 heteroatoms. The molecule has 1 aliphatic heterocycles. The number of carbonyl (C=O) groups excluding carboxylic acids is 1. The Labute approximate surface area is 168 Å². The second-order valence-electron chi connectivity index (χ2n) is 6.81. The number of benzene rings is 3. The number of carbonyl (C=O) groups is 1. The van der Waals surface area contributed by atoms with E-state index in [2.05, 4.69) is 6.07 Å². The zero-order valence-corrected chi connectivity index (χ0v) is 16.4. The van der Waals surface area contributed by atoms with E-state index in [-0.39, 0.29) is 5.91 Å². The quantitative estimate of drug-likeness (QED) is 0.623. The lowest BCUT2D eigenvalue weighted by Gasteiger charge is -2.25. The average molecular weight is 388 g/mol. The van der Waals surface area contributed by atoms with Crippen LogP contribution in [-0.4, -0.2) is 27.2 Å². The van der Waals surface area contributed by atoms with Gasteiger partial charge in [-0.15, -0.1) is 0 Å². The maximum atomic E-state index is 13.3. The number of fused-ring (bicyclic) bond motifs is 2. The number of hydrogen-bond donors (Lipinski definition) is 0. The third-order valence-electron chi connectivity index (χ3n) is 5.33. The summed E-state index contributed by atoms with van der Waals surface area (Å²) in [7, 11) is 4.50. The van der Waals surface area contributed by atoms with Crippen molar-refractivity contribution in [1.82, 2.24) is 0 Å². The van der Waals surface area contributed by atoms with E-state index in [0.717, 1.165) is 22.1 Å². The van der Waals surface area contributed by atoms with Crippen LogP contribution < -0.4 is 9.64 Å². The Balaban J connectivity index is 1.75. The number of anilines is 1. The smallest absolute Gasteiger partial charge is 0.292 e. The molecule has 0 saturated carbocycles. The molecule has 0 saturated heterocycles. The minimum absolute atomic E-state index is 0.317. The van der Waals surface area contributed by atoms with E-state index >= 15 is 0 Å². The molecule has 1 heterocycles. The van der Waals surface area contributed by atoms with E-state index in [0.29, 0.717) is 23.4 Å². The van der Waals surface area contributed by atoms with E-state index in [1.807, 2.05) is 36.4 Å². The lowest BCUT2D eigenvalue weighted by molar-refractivity contribution is -0.209. The summed E-state index contributed by atoms with van der Waals surface area (Å²) in [5, 5.41) is 11.4. The first-order valence-corrected chi connectivity index (χ1v) is 9.10. The van der Waals surface area contributed by atoms with Crippen molar-refractivity contribution in [2.24, 2.45) is 0 Å². The molecule has 0 aromatic heterocycles. The number of nitriles is 1. The van der Waals surface area contributed by atoms with Gasteiger partial charge in [0.2, 0.25) is 0 Å². The van der Waals surface area contributed by atoms with Crippen LogP contribution in [0.3, 0.4) is 0 Å². The molecule has 3 aromatic carbocycles. The largest absolute Gasteiger partial charge is 0.497 e. The van der Waals surface area contributed by atoms with Gasteiger partial charge in [-0.3, -0.25) is 4.79 Å². The lowest BCUT2D eigenvalue weighted by atomic mass is 10.0. The molecule has 0 bridgehead atoms. The molecule has 1 amide bonds. The Morgan fingerprint density at radius 3 is 2.38 bits per heavy atom. The third kappa shape index (κ3) is 2.92. The summed E-state index contributed by atoms with van der Waals surface area (Å²) in [6.07, 6.45) is 0. The molecule has 3 aromatic rings. The van der Waals surface area contributed by atoms with Gasteiger partial charge in [0.15, 0.2) is 0 Å². The number of methoxy groups -OCH3 is 3. The molecule has 0 atom stereocenters. The highest BCUT2D eigenvalue weighted by Gasteiger charge is 2.52. The summed E-state index contributed by atoms with van der Waals surface area (Å²) >= 11 is 0. The van der Waals surface area contributed by atoms with Crippen LogP contribution in [0.2, 0.25) is 0 Å². The monoisotopic (exact) mass is 388 g/mol. The summed E-state index contributed by atoms with van der Waals surface area (Å²) in [6, 6.07) is 19.1. The van der Waals surface area contributed by atoms with Gasteiger partial charge in [-0.1, -0.05) is 18.2 Å². The van der Waals surface area contributed by atoms with Crippen LogP contribution >= 0.6 is 0 Å². The van der Waals surface area contributed by atoms with Gasteiger partial charge in [-0.05, 0) is 52.7 Å². The summed E-state index contributed by atoms with van der Waals surface area (Å²) in [4.78, 5) is 14.9. The fourth-order valence-corrected chi connectivity index (χ4v) is 3.82. The molecular weight excluding hydrogens is 368 g/mol. The second-order valence-corrected chi connectivity index (χ2v) is 6.81. The van der Waals surface area contributed by atoms with Crippen molar-refractivity contribution in [2.45, 2.75) is 12.3 Å². The van der Waals surface area contributed by atoms with Crippen molar-refractivity contribution >= 4 is 22.4 Å². The Morgan fingerprint density at radius 1 is 0.966 bits per heavy atom. The SMILES string of the molecule is COc1ccc2cc(CN3C(=O)C(OC)(OC)c4cc(C#N)ccc43)ccc2c1. The zero-order valence-electron chi connectivity index (χ0n) is 16.4. The first-order valence-electron chi connectivity index (χ1n) is 9.10. The molecule has 0 aliphatic carbocycles. The number of amides is 1. The van der Waals surface area contributed by atoms with Crippen LogP contribution in [0.15, 0.2) is 54.6 Å². The van der Waals surface area contributed by atoms with Gasteiger partial charge in [-0.25, -0.2) is 0 Å². The van der Waals surface area contributed by atoms with Crippen molar-refractivity contribution in [1.29, 1.82) is 5.26 Å². The summed E-state index contributed by atoms with van der Waals surface area (Å²) in [5.41, 5.74) is 2.62. The van der Waals surface area contributed by atoms with E-state index in [9.17, 15) is 10.1 Å². The minimum Gasteiger partial charge on any atom is -0.497 e. The Bertz CT molecular complexity index is 1150. The third-order valence-corrected chi connectivity index (χ3v) is 5.33. The van der Waals surface area contributed by atoms with E-state index in [1.54, 1.807) is 30.2 Å². The van der Waals surface area contributed by atoms with Gasteiger partial charge in [0.25, 0.3) is 11.7 Å². The molecule has 0 N–H and O–H groups in total. The standard InChI is InChI=1S/C23H20N2O4/c1-27-19-8-7-17-10-16(4-6-18(17)12-19)14-25-21-9-5-15(13-24)11-20(21)23(28-2,29-3)22(25)26/h4-12H,14H2,1-3H3. The summed E-state index contributed by atoms with van der Waals surface area (Å²) < 4.78 is 16.3. The van der Waals surface area contributed by atoms with Crippen molar-refractivity contribution in [3.05, 3.63) is 71.3 Å². The minimum atomic E-state index is -1.55. The fourth-order valence-electron chi connectivity index (χ4n) is 3.82. The molecule has 6 nitrogen and oxygen atoms in total. The van der Waals surface area contributed by atoms with Gasteiger partial charge < -0.3 is 19.1 Å². The van der Waals surface area contributed by atoms with Gasteiger partial charge in [0, 0.05) is 19.8 Å². The molecule has 0 fully saturated rings. The molecule has 146 valence electrons. The molecule has 0 radical (unpaired) electrons. The fraction of sp³-hybridized carbons (Fsp3) is 0.217. The highest BCUT2D eigenvalue weighted by atomic mass is 16.7. The molecular formula is C23H20N2O4. The predicted octanol–water partition coefficient (Wildman–Crippen LogP) is 3.71. The molecule has 0 unspecified atom stereocenters. The van der Waals surface area contributed by atoms with E-state index in [4.69, 9.17) is 14.2 Å². The molecule has 29 heavy (non-hydrogen) atoms. The Kier molecular flexibility index (Phi) is 4.71. The highest BCUT2D eigenvalue weighted by molar-refractivity contribution is 6.06. The van der Waals surface area contributed by atoms with Crippen LogP contribution in [0, 0.1) is 11.3 Å². The van der Waals surface area contributed by atoms with E-state index < -0.39 is 5.79 Å². The number of rotatable bonds is 5. The van der Waals surface area contributed by atoms with Crippen LogP contribution in [0.25, 0.3) is 10.8 Å². The predicted molar refractivity (Wildman–Crippen MR) is 109 cm³/mol. The van der Waals surface area contributed by atoms with Crippen molar-refractivity contribution in [3.8, 4) is 11.8 Å². The summed E-state index contributed by atoms with van der Waals surface area (Å²) in [6.45, 7) is 0.355. The van der Waals surface area contributed by atoms with Crippen molar-refractivity contribution in [2.75, 3.05) is 26.2 Å². The number of hydrogen-bond acceptors (Lipinski definition) is 5. The molecule has 4 rings (SSSR count). The van der Waals surface area contributed by atoms with Crippen LogP contribution in [0.4, 0.5) is 5.69 Å². The van der Waals surface area contributed by atoms with Crippen molar-refractivity contribution < 1.29 is 19.0 Å². The Hall–Kier alpha value is -3.40. The summed E-state index contributed by atoms with van der Waals surface area (Å²) in [5.74, 6) is -1.07. The van der Waals surface area contributed by atoms with Crippen molar-refractivity contribution in [3.63, 3.8) is 0 Å². The first-order chi connectivity index (χ1) is 14.1. The normalized spacial score (nSPS) is 14.7. The van der Waals surface area contributed by atoms with Gasteiger partial charge in [0.05, 0.1) is 31.0 Å². The maximum Gasteiger partial charge on any atom is 0.292 e. The van der Waals surface area contributed by atoms with Gasteiger partial charge in [0.1, 0.15) is 5.75 Å². The molecule has 1 aliphatic rings. The lowest BCUT2D eigenvalue weighted by Crippen LogP contribution is -2.43. The first kappa shape index (κ1) is 18.9. The van der Waals surface area contributed by atoms with Crippen LogP contribution in [-0.2, 0) is 26.6 Å². The van der Waals surface area contributed by atoms with Crippen LogP contribution in [0.5, 0.6) is 5.75 Å². The topological polar surface area (TPSA) is 71.8 Å². The Morgan fingerprint density at radius 2 is 1.69 bits per heavy atom. The van der Waals surface area contributed by atoms with Gasteiger partial charge >= 0.3 is 0 Å². The van der Waals surface area contributed by atoms with E-state index in [1.165, 1.54) is 14.2 Å². The second kappa shape index (κ2) is 7.21. The maximum absolute atomic E-state index is 13.3. The molecule has 0 spiro atoms. The number of nitrogens with zero attached hydrogens (tertiary/aromatic N) is 2. The van der Waals surface area contributed by atoms with Gasteiger partial charge in [-0.2, -0.15) is 5.26 Å². The zero-order chi connectivity index (χ0) is 20.6. The average Bonchev–Trinajstić information content (AvgIpc) is 3.00. The van der Waals surface area contributed by atoms with Crippen LogP contribution in [0.1, 0.15) is 16.7 Å². The highest BCUT2D eigenvalue weighted by Crippen LogP contribution is 2.44. The number of ether oxygens (including phenoxy) is 3.